The Kier molecular flexibility index (Phi) is 6.45. The molecule has 0 N–H and O–H groups in total. The van der Waals surface area contributed by atoms with Crippen molar-refractivity contribution in [1.29, 1.82) is 0 Å². The number of aromatic nitrogens is 1. The summed E-state index contributed by atoms with van der Waals surface area (Å²) in [5.41, 5.74) is 0.695. The normalized spacial score (nSPS) is 15.1. The summed E-state index contributed by atoms with van der Waals surface area (Å²) >= 11 is 1.54. The fraction of sp³-hybridized carbons (Fsp3) is 0.294. The molecular formula is C17H20ClN3OS. The van der Waals surface area contributed by atoms with E-state index in [1.54, 1.807) is 6.20 Å². The van der Waals surface area contributed by atoms with Crippen molar-refractivity contribution in [3.63, 3.8) is 0 Å². The Bertz CT molecular complexity index is 645. The predicted molar refractivity (Wildman–Crippen MR) is 95.5 cm³/mol. The van der Waals surface area contributed by atoms with Crippen LogP contribution in [0.25, 0.3) is 0 Å². The number of halogens is 1. The Morgan fingerprint density at radius 3 is 2.43 bits per heavy atom. The molecule has 0 unspecified atom stereocenters. The summed E-state index contributed by atoms with van der Waals surface area (Å²) in [4.78, 5) is 22.4. The number of amides is 1. The number of rotatable bonds is 3. The van der Waals surface area contributed by atoms with Crippen LogP contribution in [0.5, 0.6) is 0 Å². The van der Waals surface area contributed by atoms with Gasteiger partial charge in [-0.1, -0.05) is 30.0 Å². The van der Waals surface area contributed by atoms with Crippen molar-refractivity contribution in [2.24, 2.45) is 0 Å². The standard InChI is InChI=1S/C17H19N3OS.ClH/c1-19-10-12-20(13-11-19)17(21)15-8-5-9-18-16(15)22-14-6-3-2-4-7-14;/h2-9H,10-13H2,1H3;1H. The SMILES string of the molecule is CN1CCN(C(=O)c2cccnc2Sc2ccccc2)CC1.Cl. The number of hydrogen-bond donors (Lipinski definition) is 0. The summed E-state index contributed by atoms with van der Waals surface area (Å²) in [6.07, 6.45) is 1.74. The number of piperazine rings is 1. The van der Waals surface area contributed by atoms with E-state index in [4.69, 9.17) is 0 Å². The first kappa shape index (κ1) is 17.8. The molecule has 2 aromatic rings. The summed E-state index contributed by atoms with van der Waals surface area (Å²) < 4.78 is 0. The van der Waals surface area contributed by atoms with Crippen molar-refractivity contribution >= 4 is 30.1 Å². The van der Waals surface area contributed by atoms with Gasteiger partial charge in [0.1, 0.15) is 5.03 Å². The maximum absolute atomic E-state index is 12.8. The lowest BCUT2D eigenvalue weighted by Gasteiger charge is -2.32. The highest BCUT2D eigenvalue weighted by Gasteiger charge is 2.23. The summed E-state index contributed by atoms with van der Waals surface area (Å²) in [5.74, 6) is 0.0830. The third-order valence-corrected chi connectivity index (χ3v) is 4.78. The van der Waals surface area contributed by atoms with Gasteiger partial charge in [0.25, 0.3) is 5.91 Å². The largest absolute Gasteiger partial charge is 0.336 e. The minimum Gasteiger partial charge on any atom is -0.336 e. The zero-order chi connectivity index (χ0) is 15.4. The van der Waals surface area contributed by atoms with Crippen molar-refractivity contribution < 1.29 is 4.79 Å². The van der Waals surface area contributed by atoms with Crippen molar-refractivity contribution in [3.8, 4) is 0 Å². The van der Waals surface area contributed by atoms with Crippen molar-refractivity contribution in [1.82, 2.24) is 14.8 Å². The van der Waals surface area contributed by atoms with Gasteiger partial charge in [0.15, 0.2) is 0 Å². The molecule has 122 valence electrons. The molecule has 1 aromatic carbocycles. The molecular weight excluding hydrogens is 330 g/mol. The molecule has 0 bridgehead atoms. The van der Waals surface area contributed by atoms with Gasteiger partial charge in [-0.2, -0.15) is 0 Å². The Morgan fingerprint density at radius 1 is 1.04 bits per heavy atom. The van der Waals surface area contributed by atoms with E-state index >= 15 is 0 Å². The van der Waals surface area contributed by atoms with Crippen LogP contribution in [0.3, 0.4) is 0 Å². The predicted octanol–water partition coefficient (Wildman–Crippen LogP) is 3.04. The second-order valence-electron chi connectivity index (χ2n) is 5.37. The van der Waals surface area contributed by atoms with E-state index in [1.807, 2.05) is 47.4 Å². The summed E-state index contributed by atoms with van der Waals surface area (Å²) in [6, 6.07) is 13.7. The molecule has 0 aliphatic carbocycles. The molecule has 2 heterocycles. The quantitative estimate of drug-likeness (QED) is 0.853. The van der Waals surface area contributed by atoms with E-state index < -0.39 is 0 Å². The van der Waals surface area contributed by atoms with E-state index in [0.717, 1.165) is 36.1 Å². The smallest absolute Gasteiger partial charge is 0.256 e. The molecule has 1 fully saturated rings. The summed E-state index contributed by atoms with van der Waals surface area (Å²) in [7, 11) is 2.09. The van der Waals surface area contributed by atoms with E-state index in [1.165, 1.54) is 11.8 Å². The van der Waals surface area contributed by atoms with Crippen molar-refractivity contribution in [2.45, 2.75) is 9.92 Å². The molecule has 1 aromatic heterocycles. The zero-order valence-corrected chi connectivity index (χ0v) is 14.6. The highest BCUT2D eigenvalue weighted by atomic mass is 35.5. The monoisotopic (exact) mass is 349 g/mol. The minimum atomic E-state index is 0. The maximum atomic E-state index is 12.8. The highest BCUT2D eigenvalue weighted by molar-refractivity contribution is 7.99. The van der Waals surface area contributed by atoms with E-state index in [0.29, 0.717) is 5.56 Å². The molecule has 0 atom stereocenters. The second kappa shape index (κ2) is 8.34. The molecule has 4 nitrogen and oxygen atoms in total. The first-order chi connectivity index (χ1) is 10.7. The van der Waals surface area contributed by atoms with Crippen LogP contribution in [-0.2, 0) is 0 Å². The van der Waals surface area contributed by atoms with E-state index in [2.05, 4.69) is 16.9 Å². The third-order valence-electron chi connectivity index (χ3n) is 3.75. The number of carbonyl (C=O) groups excluding carboxylic acids is 1. The average Bonchev–Trinajstić information content (AvgIpc) is 2.56. The van der Waals surface area contributed by atoms with Crippen LogP contribution in [0, 0.1) is 0 Å². The molecule has 0 radical (unpaired) electrons. The van der Waals surface area contributed by atoms with Gasteiger partial charge in [0.2, 0.25) is 0 Å². The number of carbonyl (C=O) groups is 1. The fourth-order valence-electron chi connectivity index (χ4n) is 2.41. The molecule has 0 spiro atoms. The Labute approximate surface area is 147 Å². The Hall–Kier alpha value is -1.56. The Balaban J connectivity index is 0.00000192. The van der Waals surface area contributed by atoms with Gasteiger partial charge < -0.3 is 9.80 Å². The lowest BCUT2D eigenvalue weighted by atomic mass is 10.2. The van der Waals surface area contributed by atoms with Gasteiger partial charge in [-0.15, -0.1) is 12.4 Å². The van der Waals surface area contributed by atoms with E-state index in [-0.39, 0.29) is 18.3 Å². The topological polar surface area (TPSA) is 36.4 Å². The van der Waals surface area contributed by atoms with E-state index in [9.17, 15) is 4.79 Å². The summed E-state index contributed by atoms with van der Waals surface area (Å²) in [5, 5.41) is 0.776. The number of likely N-dealkylation sites (N-methyl/N-ethyl adjacent to an activating group) is 1. The molecule has 1 saturated heterocycles. The van der Waals surface area contributed by atoms with Gasteiger partial charge in [0.05, 0.1) is 5.56 Å². The number of benzene rings is 1. The molecule has 1 amide bonds. The van der Waals surface area contributed by atoms with Gasteiger partial charge in [0, 0.05) is 37.3 Å². The zero-order valence-electron chi connectivity index (χ0n) is 13.0. The molecule has 23 heavy (non-hydrogen) atoms. The number of nitrogens with zero attached hydrogens (tertiary/aromatic N) is 3. The van der Waals surface area contributed by atoms with Crippen LogP contribution in [-0.4, -0.2) is 53.9 Å². The van der Waals surface area contributed by atoms with Crippen molar-refractivity contribution in [2.75, 3.05) is 33.2 Å². The van der Waals surface area contributed by atoms with Crippen LogP contribution >= 0.6 is 24.2 Å². The van der Waals surface area contributed by atoms with Gasteiger partial charge >= 0.3 is 0 Å². The highest BCUT2D eigenvalue weighted by Crippen LogP contribution is 2.29. The van der Waals surface area contributed by atoms with Gasteiger partial charge in [-0.3, -0.25) is 4.79 Å². The lowest BCUT2D eigenvalue weighted by Crippen LogP contribution is -2.47. The van der Waals surface area contributed by atoms with Crippen molar-refractivity contribution in [3.05, 3.63) is 54.2 Å². The number of hydrogen-bond acceptors (Lipinski definition) is 4. The minimum absolute atomic E-state index is 0. The summed E-state index contributed by atoms with van der Waals surface area (Å²) in [6.45, 7) is 3.40. The van der Waals surface area contributed by atoms with Crippen LogP contribution in [0.15, 0.2) is 58.6 Å². The second-order valence-corrected chi connectivity index (χ2v) is 6.43. The van der Waals surface area contributed by atoms with Crippen LogP contribution in [0.4, 0.5) is 0 Å². The number of pyridine rings is 1. The third kappa shape index (κ3) is 4.47. The van der Waals surface area contributed by atoms with Crippen LogP contribution in [0.1, 0.15) is 10.4 Å². The fourth-order valence-corrected chi connectivity index (χ4v) is 3.31. The molecule has 6 heteroatoms. The molecule has 0 saturated carbocycles. The average molecular weight is 350 g/mol. The molecule has 1 aliphatic heterocycles. The van der Waals surface area contributed by atoms with Gasteiger partial charge in [-0.05, 0) is 31.3 Å². The maximum Gasteiger partial charge on any atom is 0.256 e. The molecule has 3 rings (SSSR count). The lowest BCUT2D eigenvalue weighted by molar-refractivity contribution is 0.0660. The molecule has 1 aliphatic rings. The Morgan fingerprint density at radius 2 is 1.74 bits per heavy atom. The first-order valence-corrected chi connectivity index (χ1v) is 8.21. The van der Waals surface area contributed by atoms with Crippen LogP contribution in [0.2, 0.25) is 0 Å². The first-order valence-electron chi connectivity index (χ1n) is 7.40. The van der Waals surface area contributed by atoms with Crippen LogP contribution < -0.4 is 0 Å². The van der Waals surface area contributed by atoms with Gasteiger partial charge in [-0.25, -0.2) is 4.98 Å².